The minimum Gasteiger partial charge on any atom is -0.350 e. The molecular weight excluding hydrogens is 340 g/mol. The van der Waals surface area contributed by atoms with Gasteiger partial charge in [0.05, 0.1) is 0 Å². The number of ketones is 1. The molecule has 1 aliphatic rings. The monoisotopic (exact) mass is 366 g/mol. The molecule has 1 aromatic carbocycles. The van der Waals surface area contributed by atoms with E-state index in [4.69, 9.17) is 0 Å². The summed E-state index contributed by atoms with van der Waals surface area (Å²) in [5, 5.41) is 3.24. The van der Waals surface area contributed by atoms with Gasteiger partial charge in [0.2, 0.25) is 0 Å². The maximum Gasteiger partial charge on any atom is 0.165 e. The minimum absolute atomic E-state index is 0.294. The van der Waals surface area contributed by atoms with Crippen molar-refractivity contribution in [2.75, 3.05) is 13.1 Å². The van der Waals surface area contributed by atoms with Crippen LogP contribution in [0.5, 0.6) is 0 Å². The first-order chi connectivity index (χ1) is 12.7. The van der Waals surface area contributed by atoms with Crippen LogP contribution in [0.15, 0.2) is 48.0 Å². The predicted molar refractivity (Wildman–Crippen MR) is 109 cm³/mol. The van der Waals surface area contributed by atoms with Crippen molar-refractivity contribution >= 4 is 28.0 Å². The Bertz CT molecular complexity index is 873. The van der Waals surface area contributed by atoms with E-state index in [0.717, 1.165) is 42.5 Å². The van der Waals surface area contributed by atoms with Gasteiger partial charge in [-0.1, -0.05) is 24.3 Å². The number of aromatic nitrogens is 1. The summed E-state index contributed by atoms with van der Waals surface area (Å²) >= 11 is 1.84. The minimum atomic E-state index is 0.294. The number of carbonyl (C=O) groups is 1. The van der Waals surface area contributed by atoms with E-state index in [1.165, 1.54) is 17.7 Å². The molecule has 0 unspecified atom stereocenters. The SMILES string of the molecule is Cn1cc(C(=O)CCC2CCN(Cc3cccs3)CC2)c2ccccc21. The third-order valence-corrected chi connectivity index (χ3v) is 6.50. The van der Waals surface area contributed by atoms with Gasteiger partial charge in [-0.3, -0.25) is 9.69 Å². The predicted octanol–water partition coefficient (Wildman–Crippen LogP) is 5.11. The molecule has 1 aliphatic heterocycles. The van der Waals surface area contributed by atoms with Crippen LogP contribution in [0.3, 0.4) is 0 Å². The lowest BCUT2D eigenvalue weighted by atomic mass is 9.90. The fourth-order valence-corrected chi connectivity index (χ4v) is 4.84. The summed E-state index contributed by atoms with van der Waals surface area (Å²) < 4.78 is 2.06. The molecule has 0 radical (unpaired) electrons. The number of likely N-dealkylation sites (tertiary alicyclic amines) is 1. The number of carbonyl (C=O) groups excluding carboxylic acids is 1. The Labute approximate surface area is 159 Å². The zero-order chi connectivity index (χ0) is 17.9. The quantitative estimate of drug-likeness (QED) is 0.566. The van der Waals surface area contributed by atoms with Crippen LogP contribution < -0.4 is 0 Å². The number of piperidine rings is 1. The van der Waals surface area contributed by atoms with Gasteiger partial charge in [-0.2, -0.15) is 0 Å². The van der Waals surface area contributed by atoms with Crippen LogP contribution in [0.25, 0.3) is 10.9 Å². The molecule has 3 heterocycles. The topological polar surface area (TPSA) is 25.2 Å². The number of hydrogen-bond donors (Lipinski definition) is 0. The Morgan fingerprint density at radius 1 is 1.15 bits per heavy atom. The third-order valence-electron chi connectivity index (χ3n) is 5.64. The van der Waals surface area contributed by atoms with Crippen molar-refractivity contribution in [2.24, 2.45) is 13.0 Å². The van der Waals surface area contributed by atoms with Crippen LogP contribution in [-0.4, -0.2) is 28.3 Å². The fraction of sp³-hybridized carbons (Fsp3) is 0.409. The molecule has 2 aromatic heterocycles. The lowest BCUT2D eigenvalue weighted by molar-refractivity contribution is 0.0963. The van der Waals surface area contributed by atoms with E-state index in [9.17, 15) is 4.79 Å². The highest BCUT2D eigenvalue weighted by atomic mass is 32.1. The molecule has 0 aliphatic carbocycles. The molecule has 4 rings (SSSR count). The Kier molecular flexibility index (Phi) is 5.23. The van der Waals surface area contributed by atoms with Gasteiger partial charge in [0.1, 0.15) is 0 Å². The average Bonchev–Trinajstić information content (AvgIpc) is 3.29. The van der Waals surface area contributed by atoms with Gasteiger partial charge >= 0.3 is 0 Å². The van der Waals surface area contributed by atoms with Crippen LogP contribution in [0.4, 0.5) is 0 Å². The molecule has 3 aromatic rings. The number of thiophene rings is 1. The Balaban J connectivity index is 1.30. The van der Waals surface area contributed by atoms with E-state index in [1.807, 2.05) is 36.7 Å². The highest BCUT2D eigenvalue weighted by Gasteiger charge is 2.21. The largest absolute Gasteiger partial charge is 0.350 e. The van der Waals surface area contributed by atoms with Gasteiger partial charge < -0.3 is 4.57 Å². The number of fused-ring (bicyclic) bond motifs is 1. The zero-order valence-corrected chi connectivity index (χ0v) is 16.2. The molecule has 0 bridgehead atoms. The first-order valence-corrected chi connectivity index (χ1v) is 10.4. The summed E-state index contributed by atoms with van der Waals surface area (Å²) in [5.74, 6) is 0.983. The number of para-hydroxylation sites is 1. The summed E-state index contributed by atoms with van der Waals surface area (Å²) in [6, 6.07) is 12.5. The molecule has 0 atom stereocenters. The van der Waals surface area contributed by atoms with E-state index >= 15 is 0 Å². The Hall–Kier alpha value is -1.91. The molecular formula is C22H26N2OS. The van der Waals surface area contributed by atoms with Crippen molar-refractivity contribution in [2.45, 2.75) is 32.2 Å². The van der Waals surface area contributed by atoms with E-state index in [-0.39, 0.29) is 0 Å². The third kappa shape index (κ3) is 3.76. The van der Waals surface area contributed by atoms with Gasteiger partial charge in [0.15, 0.2) is 5.78 Å². The Morgan fingerprint density at radius 2 is 1.96 bits per heavy atom. The molecule has 0 spiro atoms. The average molecular weight is 367 g/mol. The highest BCUT2D eigenvalue weighted by Crippen LogP contribution is 2.27. The van der Waals surface area contributed by atoms with E-state index < -0.39 is 0 Å². The molecule has 0 saturated carbocycles. The number of Topliss-reactive ketones (excluding diaryl/α,β-unsaturated/α-hetero) is 1. The van der Waals surface area contributed by atoms with Crippen molar-refractivity contribution in [1.29, 1.82) is 0 Å². The first-order valence-electron chi connectivity index (χ1n) is 9.52. The molecule has 1 fully saturated rings. The normalized spacial score (nSPS) is 16.3. The van der Waals surface area contributed by atoms with Crippen molar-refractivity contribution in [3.05, 3.63) is 58.4 Å². The number of rotatable bonds is 6. The summed E-state index contributed by atoms with van der Waals surface area (Å²) in [7, 11) is 2.02. The van der Waals surface area contributed by atoms with Gasteiger partial charge in [-0.15, -0.1) is 11.3 Å². The van der Waals surface area contributed by atoms with Crippen LogP contribution in [-0.2, 0) is 13.6 Å². The lowest BCUT2D eigenvalue weighted by Crippen LogP contribution is -2.33. The standard InChI is InChI=1S/C22H26N2OS/c1-23-16-20(19-6-2-3-7-21(19)23)22(25)9-8-17-10-12-24(13-11-17)15-18-5-4-14-26-18/h2-7,14,16-17H,8-13,15H2,1H3. The fourth-order valence-electron chi connectivity index (χ4n) is 4.09. The van der Waals surface area contributed by atoms with Gasteiger partial charge in [-0.05, 0) is 55.8 Å². The van der Waals surface area contributed by atoms with Crippen molar-refractivity contribution < 1.29 is 4.79 Å². The number of hydrogen-bond acceptors (Lipinski definition) is 3. The molecule has 0 amide bonds. The van der Waals surface area contributed by atoms with Crippen molar-refractivity contribution in [3.63, 3.8) is 0 Å². The van der Waals surface area contributed by atoms with Crippen LogP contribution in [0.1, 0.15) is 40.9 Å². The highest BCUT2D eigenvalue weighted by molar-refractivity contribution is 7.09. The molecule has 26 heavy (non-hydrogen) atoms. The van der Waals surface area contributed by atoms with Crippen molar-refractivity contribution in [3.8, 4) is 0 Å². The van der Waals surface area contributed by atoms with Crippen molar-refractivity contribution in [1.82, 2.24) is 9.47 Å². The summed E-state index contributed by atoms with van der Waals surface area (Å²) in [5.41, 5.74) is 2.02. The summed E-state index contributed by atoms with van der Waals surface area (Å²) in [6.07, 6.45) is 6.12. The second kappa shape index (κ2) is 7.77. The van der Waals surface area contributed by atoms with E-state index in [0.29, 0.717) is 18.1 Å². The number of aryl methyl sites for hydroxylation is 1. The van der Waals surface area contributed by atoms with Crippen LogP contribution >= 0.6 is 11.3 Å². The molecule has 4 heteroatoms. The first kappa shape index (κ1) is 17.5. The zero-order valence-electron chi connectivity index (χ0n) is 15.4. The number of benzene rings is 1. The van der Waals surface area contributed by atoms with Gasteiger partial charge in [0, 0.05) is 47.6 Å². The summed E-state index contributed by atoms with van der Waals surface area (Å²) in [4.78, 5) is 16.8. The molecule has 3 nitrogen and oxygen atoms in total. The van der Waals surface area contributed by atoms with E-state index in [1.54, 1.807) is 0 Å². The van der Waals surface area contributed by atoms with Gasteiger partial charge in [0.25, 0.3) is 0 Å². The van der Waals surface area contributed by atoms with E-state index in [2.05, 4.69) is 39.1 Å². The second-order valence-corrected chi connectivity index (χ2v) is 8.46. The molecule has 0 N–H and O–H groups in total. The van der Waals surface area contributed by atoms with Crippen LogP contribution in [0, 0.1) is 5.92 Å². The van der Waals surface area contributed by atoms with Crippen LogP contribution in [0.2, 0.25) is 0 Å². The maximum absolute atomic E-state index is 12.8. The summed E-state index contributed by atoms with van der Waals surface area (Å²) in [6.45, 7) is 3.40. The van der Waals surface area contributed by atoms with Gasteiger partial charge in [-0.25, -0.2) is 0 Å². The molecule has 136 valence electrons. The second-order valence-electron chi connectivity index (χ2n) is 7.43. The Morgan fingerprint density at radius 3 is 2.73 bits per heavy atom. The smallest absolute Gasteiger partial charge is 0.165 e. The lowest BCUT2D eigenvalue weighted by Gasteiger charge is -2.31. The molecule has 1 saturated heterocycles. The number of nitrogens with zero attached hydrogens (tertiary/aromatic N) is 2. The maximum atomic E-state index is 12.8.